The fourth-order valence-corrected chi connectivity index (χ4v) is 6.33. The molecule has 7 nitrogen and oxygen atoms in total. The Balaban J connectivity index is 1.41. The smallest absolute Gasteiger partial charge is 0.236 e. The number of fused-ring (bicyclic) bond motifs is 1. The number of ether oxygens (including phenoxy) is 2. The largest absolute Gasteiger partial charge is 0.598 e. The molecule has 0 radical (unpaired) electrons. The number of hydrogen-bond donors (Lipinski definition) is 2. The van der Waals surface area contributed by atoms with E-state index in [1.54, 1.807) is 0 Å². The quantitative estimate of drug-likeness (QED) is 0.373. The molecule has 2 aromatic carbocycles. The molecule has 3 aromatic rings. The van der Waals surface area contributed by atoms with Gasteiger partial charge in [-0.1, -0.05) is 47.2 Å². The van der Waals surface area contributed by atoms with Gasteiger partial charge in [-0.2, -0.15) is 0 Å². The Hall–Kier alpha value is -2.30. The molecule has 1 unspecified atom stereocenters. The topological polar surface area (TPSA) is 95.5 Å². The molecule has 1 saturated carbocycles. The van der Waals surface area contributed by atoms with Crippen LogP contribution in [0.15, 0.2) is 42.5 Å². The Labute approximate surface area is 222 Å². The number of aryl methyl sites for hydroxylation is 1. The van der Waals surface area contributed by atoms with E-state index in [0.29, 0.717) is 21.7 Å². The van der Waals surface area contributed by atoms with Gasteiger partial charge in [-0.05, 0) is 69.9 Å². The molecular weight excluding hydrogens is 518 g/mol. The minimum absolute atomic E-state index is 0.0952. The minimum atomic E-state index is -1.35. The number of carbonyl (C=O) groups is 1. The van der Waals surface area contributed by atoms with Crippen LogP contribution in [0, 0.1) is 6.92 Å². The lowest BCUT2D eigenvalue weighted by atomic mass is 9.94. The molecule has 1 amide bonds. The normalized spacial score (nSPS) is 17.5. The van der Waals surface area contributed by atoms with Gasteiger partial charge >= 0.3 is 0 Å². The first-order valence-electron chi connectivity index (χ1n) is 11.7. The SMILES string of the molecule is Cc1nc(NC(=O)C2(c3ccc4c(c3)OCO4)CC2)sc1[C@@H](N[S+]([O-])C(C)(C)C)c1ccccc1Cl. The van der Waals surface area contributed by atoms with Crippen molar-refractivity contribution in [3.63, 3.8) is 0 Å². The monoisotopic (exact) mass is 545 g/mol. The summed E-state index contributed by atoms with van der Waals surface area (Å²) in [5.41, 5.74) is 1.86. The van der Waals surface area contributed by atoms with E-state index in [1.807, 2.05) is 70.2 Å². The summed E-state index contributed by atoms with van der Waals surface area (Å²) in [7, 11) is 0. The Morgan fingerprint density at radius 1 is 1.19 bits per heavy atom. The summed E-state index contributed by atoms with van der Waals surface area (Å²) in [6.07, 6.45) is 1.51. The van der Waals surface area contributed by atoms with E-state index in [9.17, 15) is 9.35 Å². The lowest BCUT2D eigenvalue weighted by Crippen LogP contribution is -2.41. The fraction of sp³-hybridized carbons (Fsp3) is 0.385. The number of nitrogens with one attached hydrogen (secondary N) is 2. The highest BCUT2D eigenvalue weighted by Gasteiger charge is 2.52. The second kappa shape index (κ2) is 9.54. The lowest BCUT2D eigenvalue weighted by molar-refractivity contribution is -0.118. The second-order valence-electron chi connectivity index (χ2n) is 10.0. The molecule has 36 heavy (non-hydrogen) atoms. The maximum absolute atomic E-state index is 13.4. The van der Waals surface area contributed by atoms with Crippen LogP contribution in [0.1, 0.15) is 61.4 Å². The Morgan fingerprint density at radius 2 is 1.92 bits per heavy atom. The highest BCUT2D eigenvalue weighted by atomic mass is 35.5. The molecule has 0 spiro atoms. The summed E-state index contributed by atoms with van der Waals surface area (Å²) in [4.78, 5) is 18.9. The number of thiazole rings is 1. The molecule has 1 fully saturated rings. The van der Waals surface area contributed by atoms with Gasteiger partial charge in [-0.15, -0.1) is 4.72 Å². The molecule has 0 bridgehead atoms. The summed E-state index contributed by atoms with van der Waals surface area (Å²) >= 11 is 6.56. The molecule has 2 aliphatic rings. The van der Waals surface area contributed by atoms with Crippen molar-refractivity contribution in [1.82, 2.24) is 9.71 Å². The van der Waals surface area contributed by atoms with Gasteiger partial charge in [0, 0.05) is 16.4 Å². The zero-order valence-electron chi connectivity index (χ0n) is 20.5. The first-order chi connectivity index (χ1) is 17.1. The van der Waals surface area contributed by atoms with Crippen molar-refractivity contribution in [3.8, 4) is 11.5 Å². The summed E-state index contributed by atoms with van der Waals surface area (Å²) < 4.78 is 26.7. The Bertz CT molecular complexity index is 1300. The average Bonchev–Trinajstić information content (AvgIpc) is 3.38. The number of rotatable bonds is 7. The molecule has 0 saturated heterocycles. The maximum atomic E-state index is 13.4. The number of anilines is 1. The molecule has 1 aliphatic heterocycles. The zero-order valence-corrected chi connectivity index (χ0v) is 22.9. The van der Waals surface area contributed by atoms with Crippen molar-refractivity contribution in [2.75, 3.05) is 12.1 Å². The number of carbonyl (C=O) groups excluding carboxylic acids is 1. The Kier molecular flexibility index (Phi) is 6.72. The highest BCUT2D eigenvalue weighted by molar-refractivity contribution is 7.90. The summed E-state index contributed by atoms with van der Waals surface area (Å²) in [5, 5.41) is 4.10. The van der Waals surface area contributed by atoms with Crippen molar-refractivity contribution >= 4 is 45.3 Å². The average molecular weight is 546 g/mol. The Morgan fingerprint density at radius 3 is 2.61 bits per heavy atom. The van der Waals surface area contributed by atoms with Crippen molar-refractivity contribution < 1.29 is 18.8 Å². The zero-order chi connectivity index (χ0) is 25.7. The van der Waals surface area contributed by atoms with Crippen LogP contribution in [-0.2, 0) is 21.6 Å². The van der Waals surface area contributed by atoms with E-state index < -0.39 is 27.6 Å². The van der Waals surface area contributed by atoms with E-state index in [-0.39, 0.29) is 12.7 Å². The third-order valence-corrected chi connectivity index (χ3v) is 9.47. The molecular formula is C26H28ClN3O4S2. The van der Waals surface area contributed by atoms with E-state index in [2.05, 4.69) is 15.0 Å². The van der Waals surface area contributed by atoms with Crippen LogP contribution in [0.3, 0.4) is 0 Å². The predicted molar refractivity (Wildman–Crippen MR) is 143 cm³/mol. The van der Waals surface area contributed by atoms with Crippen molar-refractivity contribution in [2.45, 2.75) is 56.7 Å². The third-order valence-electron chi connectivity index (χ3n) is 6.42. The summed E-state index contributed by atoms with van der Waals surface area (Å²) in [5.74, 6) is 1.27. The number of aromatic nitrogens is 1. The predicted octanol–water partition coefficient (Wildman–Crippen LogP) is 5.65. The van der Waals surface area contributed by atoms with E-state index >= 15 is 0 Å². The molecule has 2 atom stereocenters. The van der Waals surface area contributed by atoms with E-state index in [4.69, 9.17) is 21.1 Å². The molecule has 1 aliphatic carbocycles. The first-order valence-corrected chi connectivity index (χ1v) is 14.0. The van der Waals surface area contributed by atoms with Gasteiger partial charge in [0.25, 0.3) is 0 Å². The van der Waals surface area contributed by atoms with Crippen LogP contribution in [0.2, 0.25) is 5.02 Å². The van der Waals surface area contributed by atoms with Gasteiger partial charge < -0.3 is 19.3 Å². The van der Waals surface area contributed by atoms with Gasteiger partial charge in [0.2, 0.25) is 12.7 Å². The number of benzene rings is 2. The van der Waals surface area contributed by atoms with Gasteiger partial charge in [0.05, 0.1) is 16.0 Å². The van der Waals surface area contributed by atoms with Crippen LogP contribution in [0.25, 0.3) is 0 Å². The van der Waals surface area contributed by atoms with Crippen LogP contribution in [0.5, 0.6) is 11.5 Å². The first kappa shape index (κ1) is 25.4. The molecule has 2 heterocycles. The molecule has 1 aromatic heterocycles. The van der Waals surface area contributed by atoms with Gasteiger partial charge in [0.15, 0.2) is 16.6 Å². The van der Waals surface area contributed by atoms with Crippen LogP contribution < -0.4 is 19.5 Å². The number of nitrogens with zero attached hydrogens (tertiary/aromatic N) is 1. The van der Waals surface area contributed by atoms with Crippen molar-refractivity contribution in [1.29, 1.82) is 0 Å². The molecule has 190 valence electrons. The number of hydrogen-bond acceptors (Lipinski definition) is 7. The van der Waals surface area contributed by atoms with Crippen LogP contribution in [0.4, 0.5) is 5.13 Å². The van der Waals surface area contributed by atoms with Crippen LogP contribution >= 0.6 is 22.9 Å². The number of halogens is 1. The standard InChI is InChI=1S/C26H28ClN3O4S2/c1-15-22(21(30-36(32)25(2,3)4)17-7-5-6-8-18(17)27)35-24(28-15)29-23(31)26(11-12-26)16-9-10-19-20(13-16)34-14-33-19/h5-10,13,21,30H,11-12,14H2,1-4H3,(H,28,29,31)/t21-,36?/m0/s1. The second-order valence-corrected chi connectivity index (χ2v) is 13.5. The lowest BCUT2D eigenvalue weighted by Gasteiger charge is -2.28. The molecule has 2 N–H and O–H groups in total. The third kappa shape index (κ3) is 4.82. The van der Waals surface area contributed by atoms with E-state index in [0.717, 1.165) is 34.5 Å². The summed E-state index contributed by atoms with van der Waals surface area (Å²) in [6, 6.07) is 12.7. The van der Waals surface area contributed by atoms with Gasteiger partial charge in [-0.3, -0.25) is 4.79 Å². The maximum Gasteiger partial charge on any atom is 0.236 e. The van der Waals surface area contributed by atoms with Gasteiger partial charge in [0.1, 0.15) is 10.8 Å². The van der Waals surface area contributed by atoms with Crippen molar-refractivity contribution in [3.05, 3.63) is 69.2 Å². The molecule has 5 rings (SSSR count). The summed E-state index contributed by atoms with van der Waals surface area (Å²) in [6.45, 7) is 7.82. The van der Waals surface area contributed by atoms with E-state index in [1.165, 1.54) is 11.3 Å². The fourth-order valence-electron chi connectivity index (χ4n) is 4.16. The van der Waals surface area contributed by atoms with Gasteiger partial charge in [-0.25, -0.2) is 4.98 Å². The van der Waals surface area contributed by atoms with Crippen LogP contribution in [-0.4, -0.2) is 27.0 Å². The highest BCUT2D eigenvalue weighted by Crippen LogP contribution is 2.51. The number of amides is 1. The molecule has 10 heteroatoms. The minimum Gasteiger partial charge on any atom is -0.598 e. The van der Waals surface area contributed by atoms with Crippen molar-refractivity contribution in [2.24, 2.45) is 0 Å².